The summed E-state index contributed by atoms with van der Waals surface area (Å²) in [6.45, 7) is 6.62. The molecular weight excluding hydrogens is 152 g/mol. The van der Waals surface area contributed by atoms with Crippen molar-refractivity contribution in [1.82, 2.24) is 0 Å². The van der Waals surface area contributed by atoms with Crippen molar-refractivity contribution >= 4 is 0 Å². The molecule has 1 saturated carbocycles. The second-order valence-corrected chi connectivity index (χ2v) is 5.17. The molecule has 0 aromatic heterocycles. The van der Waals surface area contributed by atoms with Gasteiger partial charge in [0.05, 0.1) is 17.8 Å². The predicted octanol–water partition coefficient (Wildman–Crippen LogP) is 1.73. The molecule has 2 saturated heterocycles. The van der Waals surface area contributed by atoms with Crippen LogP contribution in [-0.4, -0.2) is 23.4 Å². The smallest absolute Gasteiger partial charge is 0.118 e. The van der Waals surface area contributed by atoms with Crippen LogP contribution in [-0.2, 0) is 9.47 Å². The van der Waals surface area contributed by atoms with Gasteiger partial charge >= 0.3 is 0 Å². The van der Waals surface area contributed by atoms with Gasteiger partial charge in [-0.25, -0.2) is 0 Å². The van der Waals surface area contributed by atoms with Crippen molar-refractivity contribution in [3.8, 4) is 0 Å². The van der Waals surface area contributed by atoms with Crippen LogP contribution in [0.15, 0.2) is 0 Å². The van der Waals surface area contributed by atoms with E-state index in [1.165, 1.54) is 12.8 Å². The van der Waals surface area contributed by atoms with E-state index in [-0.39, 0.29) is 11.2 Å². The third kappa shape index (κ3) is 0.686. The molecule has 0 aromatic rings. The third-order valence-electron chi connectivity index (χ3n) is 4.04. The Kier molecular flexibility index (Phi) is 1.06. The maximum absolute atomic E-state index is 6.00. The second-order valence-electron chi connectivity index (χ2n) is 5.17. The molecule has 0 N–H and O–H groups in total. The monoisotopic (exact) mass is 168 g/mol. The summed E-state index contributed by atoms with van der Waals surface area (Å²) < 4.78 is 11.7. The zero-order chi connectivity index (χ0) is 8.56. The molecule has 2 heterocycles. The molecule has 2 nitrogen and oxygen atoms in total. The predicted molar refractivity (Wildman–Crippen MR) is 45.0 cm³/mol. The Morgan fingerprint density at radius 2 is 1.58 bits per heavy atom. The molecule has 0 spiro atoms. The van der Waals surface area contributed by atoms with Crippen LogP contribution in [0.25, 0.3) is 0 Å². The average Bonchev–Trinajstić information content (AvgIpc) is 2.52. The van der Waals surface area contributed by atoms with Gasteiger partial charge in [0, 0.05) is 0 Å². The number of rotatable bonds is 0. The normalized spacial score (nSPS) is 59.8. The Labute approximate surface area is 73.2 Å². The maximum atomic E-state index is 6.00. The summed E-state index contributed by atoms with van der Waals surface area (Å²) in [6, 6.07) is 0. The fourth-order valence-electron chi connectivity index (χ4n) is 2.88. The van der Waals surface area contributed by atoms with E-state index in [1.54, 1.807) is 0 Å². The van der Waals surface area contributed by atoms with E-state index in [2.05, 4.69) is 20.8 Å². The van der Waals surface area contributed by atoms with Gasteiger partial charge in [-0.1, -0.05) is 0 Å². The van der Waals surface area contributed by atoms with E-state index < -0.39 is 0 Å². The lowest BCUT2D eigenvalue weighted by molar-refractivity contribution is -0.0559. The van der Waals surface area contributed by atoms with Gasteiger partial charge in [0.1, 0.15) is 5.60 Å². The second kappa shape index (κ2) is 1.73. The molecule has 1 aliphatic carbocycles. The third-order valence-corrected chi connectivity index (χ3v) is 4.04. The Morgan fingerprint density at radius 1 is 1.00 bits per heavy atom. The Morgan fingerprint density at radius 3 is 2.25 bits per heavy atom. The first-order chi connectivity index (χ1) is 5.52. The largest absolute Gasteiger partial charge is 0.369 e. The van der Waals surface area contributed by atoms with Gasteiger partial charge in [-0.05, 0) is 39.5 Å². The zero-order valence-electron chi connectivity index (χ0n) is 7.96. The van der Waals surface area contributed by atoms with Crippen molar-refractivity contribution in [3.05, 3.63) is 0 Å². The Bertz CT molecular complexity index is 234. The molecule has 2 aliphatic heterocycles. The number of ether oxygens (including phenoxy) is 2. The van der Waals surface area contributed by atoms with Crippen LogP contribution in [0.2, 0.25) is 0 Å². The summed E-state index contributed by atoms with van der Waals surface area (Å²) in [5, 5.41) is 0. The summed E-state index contributed by atoms with van der Waals surface area (Å²) in [4.78, 5) is 0. The molecule has 2 heteroatoms. The first-order valence-electron chi connectivity index (χ1n) is 4.88. The van der Waals surface area contributed by atoms with Crippen LogP contribution in [0.5, 0.6) is 0 Å². The van der Waals surface area contributed by atoms with Crippen LogP contribution < -0.4 is 0 Å². The summed E-state index contributed by atoms with van der Waals surface area (Å²) >= 11 is 0. The molecular formula is C10H16O2. The number of hydrogen-bond acceptors (Lipinski definition) is 2. The highest BCUT2D eigenvalue weighted by atomic mass is 16.6. The highest BCUT2D eigenvalue weighted by molar-refractivity contribution is 5.15. The maximum Gasteiger partial charge on any atom is 0.118 e. The topological polar surface area (TPSA) is 21.8 Å². The van der Waals surface area contributed by atoms with Crippen LogP contribution >= 0.6 is 0 Å². The average molecular weight is 168 g/mol. The Hall–Kier alpha value is -0.0800. The lowest BCUT2D eigenvalue weighted by atomic mass is 9.78. The number of epoxide rings is 1. The standard InChI is InChI=1S/C10H16O2/c1-9(2)6-4-7(11-9)10(3)8(5-6)12-10/h6-8H,4-5H2,1-3H3. The van der Waals surface area contributed by atoms with Crippen molar-refractivity contribution in [2.24, 2.45) is 5.92 Å². The van der Waals surface area contributed by atoms with Crippen molar-refractivity contribution in [3.63, 3.8) is 0 Å². The van der Waals surface area contributed by atoms with Gasteiger partial charge in [0.2, 0.25) is 0 Å². The van der Waals surface area contributed by atoms with Crippen LogP contribution in [0, 0.1) is 5.92 Å². The number of hydrogen-bond donors (Lipinski definition) is 0. The minimum absolute atomic E-state index is 0.0876. The van der Waals surface area contributed by atoms with E-state index in [1.807, 2.05) is 0 Å². The molecule has 68 valence electrons. The quantitative estimate of drug-likeness (QED) is 0.514. The molecule has 0 aromatic carbocycles. The van der Waals surface area contributed by atoms with Crippen molar-refractivity contribution in [2.45, 2.75) is 57.0 Å². The van der Waals surface area contributed by atoms with Crippen molar-refractivity contribution in [2.75, 3.05) is 0 Å². The van der Waals surface area contributed by atoms with Crippen LogP contribution in [0.3, 0.4) is 0 Å². The first-order valence-corrected chi connectivity index (χ1v) is 4.88. The highest BCUT2D eigenvalue weighted by Gasteiger charge is 2.67. The van der Waals surface area contributed by atoms with E-state index in [4.69, 9.17) is 9.47 Å². The molecule has 4 atom stereocenters. The molecule has 3 aliphatic rings. The van der Waals surface area contributed by atoms with Gasteiger partial charge in [-0.2, -0.15) is 0 Å². The van der Waals surface area contributed by atoms with Crippen LogP contribution in [0.4, 0.5) is 0 Å². The fourth-order valence-corrected chi connectivity index (χ4v) is 2.88. The van der Waals surface area contributed by atoms with Crippen molar-refractivity contribution < 1.29 is 9.47 Å². The minimum Gasteiger partial charge on any atom is -0.369 e. The minimum atomic E-state index is 0.0876. The molecule has 0 amide bonds. The zero-order valence-corrected chi connectivity index (χ0v) is 7.96. The Balaban J connectivity index is 1.94. The van der Waals surface area contributed by atoms with E-state index in [9.17, 15) is 0 Å². The van der Waals surface area contributed by atoms with Gasteiger partial charge in [-0.3, -0.25) is 0 Å². The molecule has 12 heavy (non-hydrogen) atoms. The van der Waals surface area contributed by atoms with E-state index in [0.29, 0.717) is 12.2 Å². The van der Waals surface area contributed by atoms with Gasteiger partial charge in [0.25, 0.3) is 0 Å². The summed E-state index contributed by atoms with van der Waals surface area (Å²) in [7, 11) is 0. The molecule has 3 rings (SSSR count). The lowest BCUT2D eigenvalue weighted by Gasteiger charge is -2.24. The summed E-state index contributed by atoms with van der Waals surface area (Å²) in [6.07, 6.45) is 3.29. The molecule has 0 radical (unpaired) electrons. The van der Waals surface area contributed by atoms with Crippen molar-refractivity contribution in [1.29, 1.82) is 0 Å². The molecule has 4 unspecified atom stereocenters. The van der Waals surface area contributed by atoms with Gasteiger partial charge in [0.15, 0.2) is 0 Å². The summed E-state index contributed by atoms with van der Waals surface area (Å²) in [5.41, 5.74) is 0.189. The summed E-state index contributed by atoms with van der Waals surface area (Å²) in [5.74, 6) is 0.725. The fraction of sp³-hybridized carbons (Fsp3) is 1.00. The SMILES string of the molecule is CC1(C)OC2CC1CC1OC21C. The van der Waals surface area contributed by atoms with Crippen LogP contribution in [0.1, 0.15) is 33.6 Å². The lowest BCUT2D eigenvalue weighted by Crippen LogP contribution is -2.31. The van der Waals surface area contributed by atoms with E-state index >= 15 is 0 Å². The number of fused-ring (bicyclic) bond motifs is 4. The van der Waals surface area contributed by atoms with Gasteiger partial charge in [-0.15, -0.1) is 0 Å². The van der Waals surface area contributed by atoms with Gasteiger partial charge < -0.3 is 9.47 Å². The van der Waals surface area contributed by atoms with E-state index in [0.717, 1.165) is 5.92 Å². The molecule has 3 fully saturated rings. The molecule has 2 bridgehead atoms. The highest BCUT2D eigenvalue weighted by Crippen LogP contribution is 2.58. The first kappa shape index (κ1) is 7.34.